The van der Waals surface area contributed by atoms with E-state index in [1.54, 1.807) is 25.3 Å². The van der Waals surface area contributed by atoms with Crippen molar-refractivity contribution >= 4 is 11.6 Å². The van der Waals surface area contributed by atoms with Crippen molar-refractivity contribution in [2.75, 3.05) is 13.7 Å². The van der Waals surface area contributed by atoms with Gasteiger partial charge in [-0.3, -0.25) is 0 Å². The van der Waals surface area contributed by atoms with E-state index < -0.39 is 37.1 Å². The van der Waals surface area contributed by atoms with Crippen LogP contribution in [0, 0.1) is 0 Å². The van der Waals surface area contributed by atoms with Crippen LogP contribution in [-0.2, 0) is 11.2 Å². The molecule has 1 aliphatic heterocycles. The lowest BCUT2D eigenvalue weighted by atomic mass is 9.90. The maximum atomic E-state index is 10.4. The minimum atomic E-state index is -1.45. The van der Waals surface area contributed by atoms with Gasteiger partial charge in [-0.15, -0.1) is 0 Å². The molecule has 4 rings (SSSR count). The number of aromatic nitrogens is 2. The first kappa shape index (κ1) is 23.6. The highest BCUT2D eigenvalue weighted by Crippen LogP contribution is 2.34. The average Bonchev–Trinajstić information content (AvgIpc) is 2.85. The van der Waals surface area contributed by atoms with Gasteiger partial charge in [-0.2, -0.15) is 10.2 Å². The van der Waals surface area contributed by atoms with Gasteiger partial charge in [0.25, 0.3) is 0 Å². The highest BCUT2D eigenvalue weighted by molar-refractivity contribution is 6.31. The highest BCUT2D eigenvalue weighted by atomic mass is 35.5. The van der Waals surface area contributed by atoms with Crippen molar-refractivity contribution in [1.82, 2.24) is 10.2 Å². The number of hydrogen-bond donors (Lipinski definition) is 4. The fourth-order valence-corrected chi connectivity index (χ4v) is 4.05. The van der Waals surface area contributed by atoms with Crippen molar-refractivity contribution in [3.05, 3.63) is 76.4 Å². The lowest BCUT2D eigenvalue weighted by Gasteiger charge is -2.40. The molecule has 0 saturated carbocycles. The van der Waals surface area contributed by atoms with Gasteiger partial charge in [0.1, 0.15) is 36.3 Å². The summed E-state index contributed by atoms with van der Waals surface area (Å²) in [4.78, 5) is 0. The Kier molecular flexibility index (Phi) is 7.23. The first-order chi connectivity index (χ1) is 15.9. The van der Waals surface area contributed by atoms with Crippen molar-refractivity contribution in [1.29, 1.82) is 0 Å². The molecule has 0 aliphatic carbocycles. The van der Waals surface area contributed by atoms with Gasteiger partial charge in [0.2, 0.25) is 0 Å². The molecule has 1 saturated heterocycles. The van der Waals surface area contributed by atoms with E-state index in [-0.39, 0.29) is 0 Å². The molecule has 0 radical (unpaired) electrons. The largest absolute Gasteiger partial charge is 0.497 e. The zero-order chi connectivity index (χ0) is 23.5. The van der Waals surface area contributed by atoms with E-state index in [0.717, 1.165) is 16.9 Å². The van der Waals surface area contributed by atoms with Crippen LogP contribution < -0.4 is 4.74 Å². The molecule has 5 atom stereocenters. The van der Waals surface area contributed by atoms with Crippen molar-refractivity contribution in [2.45, 2.75) is 36.9 Å². The Labute approximate surface area is 196 Å². The summed E-state index contributed by atoms with van der Waals surface area (Å²) in [5.74, 6) is 0.732. The topological polar surface area (TPSA) is 125 Å². The summed E-state index contributed by atoms with van der Waals surface area (Å²) in [6.07, 6.45) is -5.75. The van der Waals surface area contributed by atoms with Crippen LogP contribution >= 0.6 is 11.6 Å². The predicted molar refractivity (Wildman–Crippen MR) is 121 cm³/mol. The third-order valence-electron chi connectivity index (χ3n) is 5.75. The zero-order valence-electron chi connectivity index (χ0n) is 17.9. The second-order valence-electron chi connectivity index (χ2n) is 7.92. The Hall–Kier alpha value is -2.59. The number of rotatable bonds is 6. The summed E-state index contributed by atoms with van der Waals surface area (Å²) in [5, 5.41) is 49.1. The van der Waals surface area contributed by atoms with E-state index in [0.29, 0.717) is 28.4 Å². The second-order valence-corrected chi connectivity index (χ2v) is 8.33. The number of nitrogens with zero attached hydrogens (tertiary/aromatic N) is 2. The van der Waals surface area contributed by atoms with Crippen molar-refractivity contribution in [3.8, 4) is 17.0 Å². The molecule has 0 amide bonds. The van der Waals surface area contributed by atoms with E-state index >= 15 is 0 Å². The van der Waals surface area contributed by atoms with Crippen LogP contribution in [0.4, 0.5) is 0 Å². The monoisotopic (exact) mass is 472 g/mol. The molecule has 2 heterocycles. The zero-order valence-corrected chi connectivity index (χ0v) is 18.6. The Morgan fingerprint density at radius 1 is 0.970 bits per heavy atom. The van der Waals surface area contributed by atoms with E-state index in [1.165, 1.54) is 0 Å². The van der Waals surface area contributed by atoms with E-state index in [4.69, 9.17) is 21.1 Å². The summed E-state index contributed by atoms with van der Waals surface area (Å²) in [7, 11) is 1.61. The minimum absolute atomic E-state index is 0.384. The smallest absolute Gasteiger partial charge is 0.119 e. The number of methoxy groups -OCH3 is 1. The maximum Gasteiger partial charge on any atom is 0.119 e. The molecule has 3 aromatic rings. The Morgan fingerprint density at radius 3 is 2.48 bits per heavy atom. The van der Waals surface area contributed by atoms with Crippen LogP contribution in [0.3, 0.4) is 0 Å². The van der Waals surface area contributed by atoms with Crippen LogP contribution in [-0.4, -0.2) is 68.8 Å². The number of aliphatic hydroxyl groups excluding tert-OH is 4. The molecule has 1 fully saturated rings. The second kappa shape index (κ2) is 10.1. The lowest BCUT2D eigenvalue weighted by molar-refractivity contribution is -0.231. The number of benzene rings is 2. The lowest BCUT2D eigenvalue weighted by Crippen LogP contribution is -2.55. The first-order valence-electron chi connectivity index (χ1n) is 10.5. The summed E-state index contributed by atoms with van der Waals surface area (Å²) in [5.41, 5.74) is 3.58. The maximum absolute atomic E-state index is 10.4. The van der Waals surface area contributed by atoms with Crippen LogP contribution in [0.25, 0.3) is 11.3 Å². The van der Waals surface area contributed by atoms with Crippen LogP contribution in [0.15, 0.2) is 54.6 Å². The Bertz CT molecular complexity index is 1090. The van der Waals surface area contributed by atoms with Gasteiger partial charge < -0.3 is 29.9 Å². The molecular weight excluding hydrogens is 448 g/mol. The minimum Gasteiger partial charge on any atom is -0.497 e. The molecular formula is C24H25ClN2O6. The van der Waals surface area contributed by atoms with Gasteiger partial charge in [0, 0.05) is 17.0 Å². The summed E-state index contributed by atoms with van der Waals surface area (Å²) >= 11 is 6.39. The number of halogens is 1. The van der Waals surface area contributed by atoms with E-state index in [1.807, 2.05) is 36.4 Å². The third-order valence-corrected chi connectivity index (χ3v) is 6.12. The van der Waals surface area contributed by atoms with Crippen LogP contribution in [0.2, 0.25) is 5.02 Å². The molecule has 1 unspecified atom stereocenters. The standard InChI is InChI=1S/C24H25ClN2O6/c1-32-17-4-2-3-13(11-17)19-8-6-16(26-27-19)10-15-9-14(5-7-18(15)25)24-23(31)22(30)21(29)20(12-28)33-24/h2-9,11,20-24,28-31H,10,12H2,1H3/t20?,21-,22+,23-,24+/m1/s1. The molecule has 174 valence electrons. The van der Waals surface area contributed by atoms with Gasteiger partial charge >= 0.3 is 0 Å². The summed E-state index contributed by atoms with van der Waals surface area (Å²) in [6, 6.07) is 16.4. The number of ether oxygens (including phenoxy) is 2. The van der Waals surface area contributed by atoms with Gasteiger partial charge in [0.05, 0.1) is 25.1 Å². The number of hydrogen-bond acceptors (Lipinski definition) is 8. The molecule has 0 spiro atoms. The molecule has 4 N–H and O–H groups in total. The first-order valence-corrected chi connectivity index (χ1v) is 10.8. The third kappa shape index (κ3) is 5.01. The van der Waals surface area contributed by atoms with Gasteiger partial charge in [-0.05, 0) is 41.5 Å². The predicted octanol–water partition coefficient (Wildman–Crippen LogP) is 1.91. The molecule has 0 bridgehead atoms. The normalized spacial score (nSPS) is 25.1. The molecule has 9 heteroatoms. The number of aliphatic hydroxyl groups is 4. The molecule has 8 nitrogen and oxygen atoms in total. The fourth-order valence-electron chi connectivity index (χ4n) is 3.87. The van der Waals surface area contributed by atoms with E-state index in [2.05, 4.69) is 10.2 Å². The Balaban J connectivity index is 1.55. The van der Waals surface area contributed by atoms with Crippen molar-refractivity contribution < 1.29 is 29.9 Å². The summed E-state index contributed by atoms with van der Waals surface area (Å²) < 4.78 is 10.9. The molecule has 2 aromatic carbocycles. The average molecular weight is 473 g/mol. The summed E-state index contributed by atoms with van der Waals surface area (Å²) in [6.45, 7) is -0.489. The molecule has 1 aromatic heterocycles. The van der Waals surface area contributed by atoms with Gasteiger partial charge in [0.15, 0.2) is 0 Å². The quantitative estimate of drug-likeness (QED) is 0.429. The van der Waals surface area contributed by atoms with Crippen molar-refractivity contribution in [3.63, 3.8) is 0 Å². The van der Waals surface area contributed by atoms with Crippen LogP contribution in [0.1, 0.15) is 22.9 Å². The van der Waals surface area contributed by atoms with Gasteiger partial charge in [-0.25, -0.2) is 0 Å². The Morgan fingerprint density at radius 2 is 1.79 bits per heavy atom. The van der Waals surface area contributed by atoms with E-state index in [9.17, 15) is 20.4 Å². The molecule has 1 aliphatic rings. The fraction of sp³-hybridized carbons (Fsp3) is 0.333. The van der Waals surface area contributed by atoms with Crippen molar-refractivity contribution in [2.24, 2.45) is 0 Å². The SMILES string of the molecule is COc1cccc(-c2ccc(Cc3cc([C@@H]4OC(CO)[C@@H](O)[C@H](O)[C@H]4O)ccc3Cl)nn2)c1. The van der Waals surface area contributed by atoms with Gasteiger partial charge in [-0.1, -0.05) is 35.9 Å². The molecule has 33 heavy (non-hydrogen) atoms. The van der Waals surface area contributed by atoms with Crippen LogP contribution in [0.5, 0.6) is 5.75 Å². The highest BCUT2D eigenvalue weighted by Gasteiger charge is 2.44.